The van der Waals surface area contributed by atoms with E-state index in [9.17, 15) is 35.1 Å². The van der Waals surface area contributed by atoms with Gasteiger partial charge in [-0.25, -0.2) is 0 Å². The zero-order valence-electron chi connectivity index (χ0n) is 63.4. The van der Waals surface area contributed by atoms with Gasteiger partial charge < -0.3 is 45.1 Å². The summed E-state index contributed by atoms with van der Waals surface area (Å²) in [4.78, 5) is 25.2. The van der Waals surface area contributed by atoms with Gasteiger partial charge in [0, 0.05) is 12.8 Å². The van der Waals surface area contributed by atoms with Crippen LogP contribution in [0, 0.1) is 0 Å². The van der Waals surface area contributed by atoms with Crippen molar-refractivity contribution >= 4 is 11.9 Å². The molecule has 1 fully saturated rings. The molecule has 1 aliphatic heterocycles. The van der Waals surface area contributed by atoms with Crippen LogP contribution in [-0.2, 0) is 23.8 Å². The molecule has 11 heteroatoms. The van der Waals surface area contributed by atoms with E-state index in [1.807, 2.05) is 6.08 Å². The first kappa shape index (κ1) is 91.9. The van der Waals surface area contributed by atoms with Crippen LogP contribution in [0.15, 0.2) is 36.5 Å². The molecule has 1 amide bonds. The third-order valence-corrected chi connectivity index (χ3v) is 20.2. The average Bonchev–Trinajstić information content (AvgIpc) is 0.842. The van der Waals surface area contributed by atoms with Crippen LogP contribution in [0.4, 0.5) is 0 Å². The van der Waals surface area contributed by atoms with E-state index >= 15 is 0 Å². The molecule has 566 valence electrons. The maximum absolute atomic E-state index is 13.1. The van der Waals surface area contributed by atoms with Crippen molar-refractivity contribution in [2.45, 2.75) is 474 Å². The zero-order chi connectivity index (χ0) is 69.4. The normalized spacial score (nSPS) is 17.4. The lowest BCUT2D eigenvalue weighted by Crippen LogP contribution is -2.60. The van der Waals surface area contributed by atoms with E-state index in [-0.39, 0.29) is 18.5 Å². The molecule has 11 nitrogen and oxygen atoms in total. The Kier molecular flexibility index (Phi) is 70.9. The Morgan fingerprint density at radius 2 is 0.677 bits per heavy atom. The van der Waals surface area contributed by atoms with E-state index in [2.05, 4.69) is 43.5 Å². The van der Waals surface area contributed by atoms with E-state index < -0.39 is 49.5 Å². The summed E-state index contributed by atoms with van der Waals surface area (Å²) in [6.45, 7) is 4.39. The van der Waals surface area contributed by atoms with E-state index in [1.165, 1.54) is 353 Å². The van der Waals surface area contributed by atoms with Gasteiger partial charge in [-0.3, -0.25) is 9.59 Å². The van der Waals surface area contributed by atoms with Crippen molar-refractivity contribution in [2.24, 2.45) is 0 Å². The first-order chi connectivity index (χ1) is 47.2. The predicted molar refractivity (Wildman–Crippen MR) is 407 cm³/mol. The summed E-state index contributed by atoms with van der Waals surface area (Å²) >= 11 is 0. The molecule has 7 unspecified atom stereocenters. The predicted octanol–water partition coefficient (Wildman–Crippen LogP) is 23.3. The van der Waals surface area contributed by atoms with Gasteiger partial charge in [-0.2, -0.15) is 0 Å². The Balaban J connectivity index is 1.89. The number of ether oxygens (including phenoxy) is 3. The fourth-order valence-electron chi connectivity index (χ4n) is 13.6. The number of carbonyl (C=O) groups is 2. The van der Waals surface area contributed by atoms with E-state index in [1.54, 1.807) is 6.08 Å². The lowest BCUT2D eigenvalue weighted by atomic mass is 9.99. The third-order valence-electron chi connectivity index (χ3n) is 20.2. The fraction of sp³-hybridized carbons (Fsp3) is 0.906. The molecular weight excluding hydrogens is 1190 g/mol. The molecule has 0 bridgehead atoms. The molecule has 1 rings (SSSR count). The van der Waals surface area contributed by atoms with Crippen molar-refractivity contribution in [3.63, 3.8) is 0 Å². The van der Waals surface area contributed by atoms with Crippen molar-refractivity contribution in [3.8, 4) is 0 Å². The molecule has 1 saturated heterocycles. The molecule has 1 heterocycles. The maximum Gasteiger partial charge on any atom is 0.305 e. The summed E-state index contributed by atoms with van der Waals surface area (Å²) < 4.78 is 16.8. The monoisotopic (exact) mass is 1360 g/mol. The minimum Gasteiger partial charge on any atom is -0.466 e. The zero-order valence-corrected chi connectivity index (χ0v) is 63.4. The summed E-state index contributed by atoms with van der Waals surface area (Å²) in [5, 5.41) is 54.6. The molecule has 0 radical (unpaired) electrons. The highest BCUT2D eigenvalue weighted by atomic mass is 16.7. The van der Waals surface area contributed by atoms with Gasteiger partial charge in [0.05, 0.1) is 32.0 Å². The Hall–Kier alpha value is -2.12. The molecule has 1 aliphatic rings. The number of carbonyl (C=O) groups excluding carboxylic acids is 2. The van der Waals surface area contributed by atoms with Gasteiger partial charge in [0.1, 0.15) is 24.4 Å². The fourth-order valence-corrected chi connectivity index (χ4v) is 13.6. The van der Waals surface area contributed by atoms with Crippen LogP contribution in [0.5, 0.6) is 0 Å². The van der Waals surface area contributed by atoms with Crippen molar-refractivity contribution in [1.82, 2.24) is 5.32 Å². The SMILES string of the molecule is CCCCCCCCCC/C=C/CC/C=C/C(O)C(COC1OC(CO)C(O)C(O)C1O)NC(=O)CCCCCCCCCCCCCCCCCCC/C=C\CCCCCCCCCCCCCCCCCCCCOC(=O)CCCCCCCCCCCCCCCCC. The number of aliphatic hydroxyl groups is 5. The third kappa shape index (κ3) is 61.7. The molecule has 6 N–H and O–H groups in total. The summed E-state index contributed by atoms with van der Waals surface area (Å²) in [5.74, 6) is -0.165. The van der Waals surface area contributed by atoms with E-state index in [0.717, 1.165) is 51.4 Å². The van der Waals surface area contributed by atoms with Gasteiger partial charge in [-0.1, -0.05) is 384 Å². The number of allylic oxidation sites excluding steroid dienone is 5. The maximum atomic E-state index is 13.1. The summed E-state index contributed by atoms with van der Waals surface area (Å²) in [7, 11) is 0. The number of rotatable bonds is 76. The molecule has 0 aromatic heterocycles. The van der Waals surface area contributed by atoms with Crippen molar-refractivity contribution in [3.05, 3.63) is 36.5 Å². The number of hydrogen-bond acceptors (Lipinski definition) is 10. The highest BCUT2D eigenvalue weighted by Crippen LogP contribution is 2.24. The van der Waals surface area contributed by atoms with Crippen LogP contribution >= 0.6 is 0 Å². The standard InChI is InChI=1S/C85H161NO10/c1-3-5-7-9-11-13-15-17-44-49-53-57-61-65-69-73-81(90)94-74-70-66-62-58-54-50-46-43-41-39-37-35-33-31-29-27-25-23-21-19-20-22-24-26-28-30-32-34-36-38-40-42-45-48-52-56-60-64-68-72-80(89)86-77(76-95-85-84(93)83(92)82(91)79(75-87)96-85)78(88)71-67-63-59-55-51-47-18-16-14-12-10-8-6-4-2/h19-20,51,55,67,71,77-79,82-85,87-88,91-93H,3-18,21-50,52-54,56-66,68-70,72-76H2,1-2H3,(H,86,89)/b20-19-,55-51+,71-67+. The van der Waals surface area contributed by atoms with Gasteiger partial charge >= 0.3 is 5.97 Å². The Morgan fingerprint density at radius 3 is 1.03 bits per heavy atom. The summed E-state index contributed by atoms with van der Waals surface area (Å²) in [6, 6.07) is -0.825. The molecule has 96 heavy (non-hydrogen) atoms. The largest absolute Gasteiger partial charge is 0.466 e. The van der Waals surface area contributed by atoms with E-state index in [0.29, 0.717) is 19.4 Å². The van der Waals surface area contributed by atoms with Gasteiger partial charge in [0.25, 0.3) is 0 Å². The quantitative estimate of drug-likeness (QED) is 0.0195. The highest BCUT2D eigenvalue weighted by Gasteiger charge is 2.44. The lowest BCUT2D eigenvalue weighted by Gasteiger charge is -2.40. The number of unbranched alkanes of at least 4 members (excludes halogenated alkanes) is 58. The minimum atomic E-state index is -1.57. The average molecular weight is 1360 g/mol. The summed E-state index contributed by atoms with van der Waals surface area (Å²) in [5.41, 5.74) is 0. The van der Waals surface area contributed by atoms with Crippen LogP contribution in [0.2, 0.25) is 0 Å². The number of hydrogen-bond donors (Lipinski definition) is 6. The second-order valence-corrected chi connectivity index (χ2v) is 29.5. The van der Waals surface area contributed by atoms with Crippen LogP contribution in [-0.4, -0.2) is 100 Å². The number of amides is 1. The van der Waals surface area contributed by atoms with Crippen molar-refractivity contribution < 1.29 is 49.3 Å². The first-order valence-corrected chi connectivity index (χ1v) is 42.3. The number of esters is 1. The second-order valence-electron chi connectivity index (χ2n) is 29.5. The van der Waals surface area contributed by atoms with Crippen LogP contribution in [0.1, 0.15) is 431 Å². The minimum absolute atomic E-state index is 0.0204. The van der Waals surface area contributed by atoms with Gasteiger partial charge in [-0.05, 0) is 70.6 Å². The van der Waals surface area contributed by atoms with Crippen LogP contribution in [0.25, 0.3) is 0 Å². The molecule has 0 aromatic rings. The Labute approximate surface area is 594 Å². The Bertz CT molecular complexity index is 1690. The number of aliphatic hydroxyl groups excluding tert-OH is 5. The molecule has 0 saturated carbocycles. The lowest BCUT2D eigenvalue weighted by molar-refractivity contribution is -0.302. The number of nitrogens with one attached hydrogen (secondary N) is 1. The second kappa shape index (κ2) is 74.1. The van der Waals surface area contributed by atoms with Crippen molar-refractivity contribution in [1.29, 1.82) is 0 Å². The molecule has 0 spiro atoms. The molecule has 0 aromatic carbocycles. The van der Waals surface area contributed by atoms with Gasteiger partial charge in [0.15, 0.2) is 6.29 Å². The summed E-state index contributed by atoms with van der Waals surface area (Å²) in [6.07, 6.45) is 87.7. The Morgan fingerprint density at radius 1 is 0.375 bits per heavy atom. The van der Waals surface area contributed by atoms with E-state index in [4.69, 9.17) is 14.2 Å². The molecular formula is C85H161NO10. The topological polar surface area (TPSA) is 175 Å². The van der Waals surface area contributed by atoms with Crippen LogP contribution < -0.4 is 5.32 Å². The molecule has 0 aliphatic carbocycles. The molecule has 7 atom stereocenters. The van der Waals surface area contributed by atoms with Gasteiger partial charge in [0.2, 0.25) is 5.91 Å². The van der Waals surface area contributed by atoms with Crippen molar-refractivity contribution in [2.75, 3.05) is 19.8 Å². The van der Waals surface area contributed by atoms with Gasteiger partial charge in [-0.15, -0.1) is 0 Å². The smallest absolute Gasteiger partial charge is 0.305 e. The highest BCUT2D eigenvalue weighted by molar-refractivity contribution is 5.76. The van der Waals surface area contributed by atoms with Crippen LogP contribution in [0.3, 0.4) is 0 Å². The first-order valence-electron chi connectivity index (χ1n) is 42.3.